The molecule has 2 N–H and O–H groups in total. The standard InChI is InChI=1S/C28H44O2/c1-18(17-29)6-5-7-19(2)23-10-13-28-16-20-14-21-15-22(30)8-11-26(21,3)24(25(20)28)9-12-27(23,28)4/h14,16,18-19,22-25,29-30H,5-13,15,17H2,1-4H3/t18-,19-,22+,23-,24+,25-,26+,27-,28-/m1/s1. The van der Waals surface area contributed by atoms with E-state index >= 15 is 0 Å². The highest BCUT2D eigenvalue weighted by molar-refractivity contribution is 5.49. The highest BCUT2D eigenvalue weighted by Crippen LogP contribution is 2.78. The van der Waals surface area contributed by atoms with E-state index in [0.29, 0.717) is 28.8 Å². The van der Waals surface area contributed by atoms with Gasteiger partial charge in [0.1, 0.15) is 0 Å². The quantitative estimate of drug-likeness (QED) is 0.539. The van der Waals surface area contributed by atoms with Gasteiger partial charge in [-0.1, -0.05) is 58.3 Å². The molecule has 2 heteroatoms. The van der Waals surface area contributed by atoms with Gasteiger partial charge < -0.3 is 10.2 Å². The van der Waals surface area contributed by atoms with Crippen LogP contribution in [0, 0.1) is 45.8 Å². The van der Waals surface area contributed by atoms with Gasteiger partial charge in [0.15, 0.2) is 0 Å². The number of aliphatic hydroxyl groups is 2. The van der Waals surface area contributed by atoms with Crippen molar-refractivity contribution < 1.29 is 10.2 Å². The van der Waals surface area contributed by atoms with Gasteiger partial charge in [0.2, 0.25) is 0 Å². The van der Waals surface area contributed by atoms with E-state index < -0.39 is 0 Å². The van der Waals surface area contributed by atoms with E-state index in [-0.39, 0.29) is 6.10 Å². The predicted octanol–water partition coefficient (Wildman–Crippen LogP) is 6.28. The summed E-state index contributed by atoms with van der Waals surface area (Å²) in [6.07, 6.45) is 17.6. The van der Waals surface area contributed by atoms with Crippen LogP contribution in [-0.2, 0) is 0 Å². The average Bonchev–Trinajstić information content (AvgIpc) is 3.02. The van der Waals surface area contributed by atoms with Gasteiger partial charge in [-0.05, 0) is 97.4 Å². The summed E-state index contributed by atoms with van der Waals surface area (Å²) in [5, 5.41) is 19.6. The molecule has 3 saturated carbocycles. The second-order valence-corrected chi connectivity index (χ2v) is 12.5. The maximum absolute atomic E-state index is 10.3. The van der Waals surface area contributed by atoms with Gasteiger partial charge in [0.05, 0.1) is 6.10 Å². The lowest BCUT2D eigenvalue weighted by atomic mass is 9.36. The van der Waals surface area contributed by atoms with E-state index in [1.54, 1.807) is 11.1 Å². The van der Waals surface area contributed by atoms with Crippen LogP contribution < -0.4 is 0 Å². The van der Waals surface area contributed by atoms with E-state index in [1.165, 1.54) is 51.4 Å². The van der Waals surface area contributed by atoms with Gasteiger partial charge in [-0.3, -0.25) is 0 Å². The lowest BCUT2D eigenvalue weighted by Crippen LogP contribution is -2.60. The summed E-state index contributed by atoms with van der Waals surface area (Å²) in [6.45, 7) is 10.2. The molecule has 30 heavy (non-hydrogen) atoms. The summed E-state index contributed by atoms with van der Waals surface area (Å²) in [5.41, 5.74) is 4.45. The third-order valence-corrected chi connectivity index (χ3v) is 11.2. The SMILES string of the molecule is C[C@@H](CO)CCC[C@@H](C)[C@H]1CC[C@]23C=C4C=C5C[C@@H](O)CC[C@]5(C)[C@@H](CC[C@]12C)[C@@H]43. The maximum atomic E-state index is 10.3. The molecular formula is C28H44O2. The molecule has 5 aliphatic rings. The normalized spacial score (nSPS) is 48.5. The molecule has 0 saturated heterocycles. The van der Waals surface area contributed by atoms with Gasteiger partial charge in [-0.2, -0.15) is 0 Å². The van der Waals surface area contributed by atoms with Crippen molar-refractivity contribution in [2.24, 2.45) is 45.8 Å². The Kier molecular flexibility index (Phi) is 5.10. The zero-order valence-corrected chi connectivity index (χ0v) is 19.8. The lowest BCUT2D eigenvalue weighted by Gasteiger charge is -2.68. The number of rotatable bonds is 6. The Balaban J connectivity index is 1.39. The maximum Gasteiger partial charge on any atom is 0.0578 e. The van der Waals surface area contributed by atoms with Crippen LogP contribution in [0.5, 0.6) is 0 Å². The monoisotopic (exact) mass is 412 g/mol. The number of allylic oxidation sites excluding steroid dienone is 3. The fourth-order valence-electron chi connectivity index (χ4n) is 9.28. The first-order valence-corrected chi connectivity index (χ1v) is 13.0. The molecule has 0 aromatic carbocycles. The van der Waals surface area contributed by atoms with Crippen molar-refractivity contribution in [3.63, 3.8) is 0 Å². The molecule has 3 fully saturated rings. The van der Waals surface area contributed by atoms with Crippen LogP contribution in [-0.4, -0.2) is 22.9 Å². The van der Waals surface area contributed by atoms with E-state index in [1.807, 2.05) is 0 Å². The van der Waals surface area contributed by atoms with Crippen molar-refractivity contribution in [1.29, 1.82) is 0 Å². The topological polar surface area (TPSA) is 40.5 Å². The van der Waals surface area contributed by atoms with Gasteiger partial charge in [0.25, 0.3) is 0 Å². The van der Waals surface area contributed by atoms with Crippen molar-refractivity contribution in [1.82, 2.24) is 0 Å². The van der Waals surface area contributed by atoms with Crippen molar-refractivity contribution in [3.8, 4) is 0 Å². The molecule has 1 spiro atoms. The fourth-order valence-corrected chi connectivity index (χ4v) is 9.28. The first-order chi connectivity index (χ1) is 14.2. The highest BCUT2D eigenvalue weighted by Gasteiger charge is 2.70. The third kappa shape index (κ3) is 2.75. The molecule has 0 aromatic rings. The Morgan fingerprint density at radius 1 is 1.07 bits per heavy atom. The molecule has 168 valence electrons. The zero-order valence-electron chi connectivity index (χ0n) is 19.8. The number of aliphatic hydroxyl groups excluding tert-OH is 2. The number of hydrogen-bond acceptors (Lipinski definition) is 2. The molecule has 0 heterocycles. The van der Waals surface area contributed by atoms with Crippen LogP contribution in [0.3, 0.4) is 0 Å². The van der Waals surface area contributed by atoms with Gasteiger partial charge >= 0.3 is 0 Å². The molecule has 5 rings (SSSR count). The molecule has 0 radical (unpaired) electrons. The minimum absolute atomic E-state index is 0.116. The van der Waals surface area contributed by atoms with Crippen LogP contribution in [0.1, 0.15) is 91.9 Å². The van der Waals surface area contributed by atoms with E-state index in [2.05, 4.69) is 39.8 Å². The Labute approximate surface area is 184 Å². The molecular weight excluding hydrogens is 368 g/mol. The summed E-state index contributed by atoms with van der Waals surface area (Å²) in [5.74, 6) is 3.69. The second-order valence-electron chi connectivity index (χ2n) is 12.5. The fraction of sp³-hybridized carbons (Fsp3) is 0.857. The molecule has 9 atom stereocenters. The van der Waals surface area contributed by atoms with Crippen molar-refractivity contribution in [2.75, 3.05) is 6.61 Å². The molecule has 5 aliphatic carbocycles. The van der Waals surface area contributed by atoms with Crippen molar-refractivity contribution in [3.05, 3.63) is 23.3 Å². The molecule has 0 unspecified atom stereocenters. The van der Waals surface area contributed by atoms with E-state index in [0.717, 1.165) is 36.5 Å². The summed E-state index contributed by atoms with van der Waals surface area (Å²) < 4.78 is 0. The summed E-state index contributed by atoms with van der Waals surface area (Å²) >= 11 is 0. The summed E-state index contributed by atoms with van der Waals surface area (Å²) in [6, 6.07) is 0. The van der Waals surface area contributed by atoms with Gasteiger partial charge in [0, 0.05) is 12.0 Å². The zero-order chi connectivity index (χ0) is 21.3. The van der Waals surface area contributed by atoms with Gasteiger partial charge in [-0.15, -0.1) is 0 Å². The Bertz CT molecular complexity index is 752. The molecule has 0 aromatic heterocycles. The van der Waals surface area contributed by atoms with Crippen LogP contribution in [0.4, 0.5) is 0 Å². The molecule has 2 nitrogen and oxygen atoms in total. The van der Waals surface area contributed by atoms with Crippen LogP contribution in [0.15, 0.2) is 23.3 Å². The van der Waals surface area contributed by atoms with Crippen LogP contribution >= 0.6 is 0 Å². The van der Waals surface area contributed by atoms with E-state index in [9.17, 15) is 10.2 Å². The minimum atomic E-state index is -0.116. The number of fused-ring (bicyclic) bond motifs is 2. The third-order valence-electron chi connectivity index (χ3n) is 11.2. The van der Waals surface area contributed by atoms with Crippen LogP contribution in [0.2, 0.25) is 0 Å². The first-order valence-electron chi connectivity index (χ1n) is 13.0. The minimum Gasteiger partial charge on any atom is -0.396 e. The summed E-state index contributed by atoms with van der Waals surface area (Å²) in [4.78, 5) is 0. The Hall–Kier alpha value is -0.600. The average molecular weight is 413 g/mol. The molecule has 0 aliphatic heterocycles. The van der Waals surface area contributed by atoms with Gasteiger partial charge in [-0.25, -0.2) is 0 Å². The Morgan fingerprint density at radius 3 is 2.63 bits per heavy atom. The molecule has 0 bridgehead atoms. The van der Waals surface area contributed by atoms with Crippen molar-refractivity contribution >= 4 is 0 Å². The lowest BCUT2D eigenvalue weighted by molar-refractivity contribution is -0.0997. The smallest absolute Gasteiger partial charge is 0.0578 e. The highest BCUT2D eigenvalue weighted by atomic mass is 16.3. The first kappa shape index (κ1) is 21.3. The number of hydrogen-bond donors (Lipinski definition) is 2. The summed E-state index contributed by atoms with van der Waals surface area (Å²) in [7, 11) is 0. The molecule has 0 amide bonds. The Morgan fingerprint density at radius 2 is 1.87 bits per heavy atom. The van der Waals surface area contributed by atoms with E-state index in [4.69, 9.17) is 0 Å². The van der Waals surface area contributed by atoms with Crippen molar-refractivity contribution in [2.45, 2.75) is 98.0 Å². The van der Waals surface area contributed by atoms with Crippen LogP contribution in [0.25, 0.3) is 0 Å². The largest absolute Gasteiger partial charge is 0.396 e. The predicted molar refractivity (Wildman–Crippen MR) is 123 cm³/mol. The second kappa shape index (κ2) is 7.20.